The van der Waals surface area contributed by atoms with Crippen LogP contribution in [0.5, 0.6) is 0 Å². The second-order valence-corrected chi connectivity index (χ2v) is 25.0. The minimum absolute atomic E-state index is 0.261. The Morgan fingerprint density at radius 2 is 0.388 bits per heavy atom. The van der Waals surface area contributed by atoms with Crippen LogP contribution in [-0.2, 0) is 100 Å². The third-order valence-corrected chi connectivity index (χ3v) is 18.6. The molecule has 21 heterocycles. The van der Waals surface area contributed by atoms with Crippen molar-refractivity contribution in [2.45, 2.75) is 235 Å². The highest BCUT2D eigenvalue weighted by atomic mass is 16.8. The van der Waals surface area contributed by atoms with E-state index in [9.17, 15) is 91.9 Å². The van der Waals surface area contributed by atoms with Crippen LogP contribution in [0.4, 0.5) is 0 Å². The highest BCUT2D eigenvalue weighted by Gasteiger charge is 2.60. The molecule has 14 bridgehead atoms. The summed E-state index contributed by atoms with van der Waals surface area (Å²) < 4.78 is 104. The lowest BCUT2D eigenvalue weighted by atomic mass is 9.95. The van der Waals surface area contributed by atoms with Crippen LogP contribution >= 0.6 is 0 Å². The van der Waals surface area contributed by atoms with Gasteiger partial charge in [0.2, 0.25) is 0 Å². The van der Waals surface area contributed by atoms with E-state index < -0.39 is 261 Å². The zero-order valence-corrected chi connectivity index (χ0v) is 52.4. The van der Waals surface area contributed by atoms with Crippen molar-refractivity contribution in [3.8, 4) is 0 Å². The largest absolute Gasteiger partial charge is 0.394 e. The molecule has 0 radical (unpaired) electrons. The van der Waals surface area contributed by atoms with Gasteiger partial charge in [0, 0.05) is 0 Å². The molecule has 35 nitrogen and oxygen atoms in total. The van der Waals surface area contributed by atoms with Gasteiger partial charge in [-0.1, -0.05) is 91.0 Å². The van der Waals surface area contributed by atoms with Crippen molar-refractivity contribution in [1.29, 1.82) is 0 Å². The van der Waals surface area contributed by atoms with E-state index in [-0.39, 0.29) is 19.8 Å². The van der Waals surface area contributed by atoms with Crippen molar-refractivity contribution >= 4 is 0 Å². The van der Waals surface area contributed by atoms with E-state index in [0.717, 1.165) is 0 Å². The normalized spacial score (nSPS) is 45.9. The molecule has 0 spiro atoms. The van der Waals surface area contributed by atoms with E-state index in [4.69, 9.17) is 80.5 Å². The predicted molar refractivity (Wildman–Crippen MR) is 315 cm³/mol. The van der Waals surface area contributed by atoms with Gasteiger partial charge in [0.15, 0.2) is 44.0 Å². The molecular formula is C63H88O35. The van der Waals surface area contributed by atoms with Gasteiger partial charge in [-0.3, -0.25) is 0 Å². The molecule has 35 atom stereocenters. The average Bonchev–Trinajstić information content (AvgIpc) is 0.915. The number of hydrogen-bond donors (Lipinski definition) is 18. The minimum Gasteiger partial charge on any atom is -0.394 e. The first kappa shape index (κ1) is 75.4. The van der Waals surface area contributed by atoms with Gasteiger partial charge in [0.05, 0.1) is 66.1 Å². The van der Waals surface area contributed by atoms with Gasteiger partial charge in [-0.2, -0.15) is 0 Å². The number of aliphatic hydroxyl groups is 18. The third-order valence-electron chi connectivity index (χ3n) is 18.6. The van der Waals surface area contributed by atoms with E-state index >= 15 is 0 Å². The lowest BCUT2D eigenvalue weighted by Crippen LogP contribution is -2.68. The smallest absolute Gasteiger partial charge is 0.187 e. The maximum Gasteiger partial charge on any atom is 0.187 e. The molecule has 18 N–H and O–H groups in total. The first-order valence-corrected chi connectivity index (χ1v) is 32.2. The summed E-state index contributed by atoms with van der Waals surface area (Å²) in [5.41, 5.74) is 1.67. The molecule has 0 aromatic heterocycles. The summed E-state index contributed by atoms with van der Waals surface area (Å²) in [4.78, 5) is 0. The molecule has 0 amide bonds. The monoisotopic (exact) mass is 1400 g/mol. The van der Waals surface area contributed by atoms with E-state index in [1.807, 2.05) is 0 Å². The van der Waals surface area contributed by atoms with Crippen LogP contribution in [0.25, 0.3) is 0 Å². The Balaban J connectivity index is 0.947. The van der Waals surface area contributed by atoms with Crippen molar-refractivity contribution in [2.24, 2.45) is 0 Å². The summed E-state index contributed by atoms with van der Waals surface area (Å²) in [7, 11) is 0. The Labute approximate surface area is 559 Å². The number of aliphatic hydroxyl groups excluding tert-OH is 18. The van der Waals surface area contributed by atoms with Gasteiger partial charge in [-0.25, -0.2) is 0 Å². The summed E-state index contributed by atoms with van der Waals surface area (Å²) >= 11 is 0. The van der Waals surface area contributed by atoms with E-state index in [2.05, 4.69) is 0 Å². The first-order valence-electron chi connectivity index (χ1n) is 32.2. The second kappa shape index (κ2) is 34.2. The lowest BCUT2D eigenvalue weighted by molar-refractivity contribution is -0.402. The Bertz CT molecular complexity index is 2800. The lowest BCUT2D eigenvalue weighted by Gasteiger charge is -2.51. The summed E-state index contributed by atoms with van der Waals surface area (Å²) in [6.07, 6.45) is -66.7. The number of ether oxygens (including phenoxy) is 17. The van der Waals surface area contributed by atoms with Crippen LogP contribution in [0.2, 0.25) is 0 Å². The van der Waals surface area contributed by atoms with Gasteiger partial charge in [-0.15, -0.1) is 0 Å². The quantitative estimate of drug-likeness (QED) is 0.0633. The van der Waals surface area contributed by atoms with Gasteiger partial charge in [-0.05, 0) is 16.7 Å². The van der Waals surface area contributed by atoms with Crippen LogP contribution in [0.1, 0.15) is 16.7 Å². The Morgan fingerprint density at radius 3 is 0.582 bits per heavy atom. The number of hydrogen-bond acceptors (Lipinski definition) is 35. The molecule has 24 rings (SSSR count). The zero-order chi connectivity index (χ0) is 69.6. The van der Waals surface area contributed by atoms with Crippen molar-refractivity contribution in [3.63, 3.8) is 0 Å². The zero-order valence-electron chi connectivity index (χ0n) is 52.4. The topological polar surface area (TPSA) is 521 Å². The molecular weight excluding hydrogens is 1320 g/mol. The molecule has 21 saturated heterocycles. The standard InChI is InChI=1S/C63H88O35/c64-16-29-47-36(71)40(75)58(85-29)93-49-31(18-66)87-60(42(77)38(49)73)95-51-33(20-68)89-62(54(44(51)79)82-23-26-10-4-1-5-11-26)97-53-35(22-70)91-63(56(46(53)81)84-25-28-14-8-3-9-15-28)98-52-34(21-69)90-61(55(45(52)80)83-24-27-12-6-2-7-13-27)96-50-32(19-67)88-59(43(78)39(50)74)94-48-30(17-65)86-57(92-47)41(76)37(48)72/h1-15,29-81H,16-25H2/t29-,30-,31-,32-,33-,34-,35-,36-,37-,38-,39-,40+,41-,42+,43-,44-,45+,46+,47-,48-,49-,50-,51-,52-,53-,54-,55-,56-,57-,58-,59-,60-,61-,62-,63-/m1/s1. The highest BCUT2D eigenvalue weighted by Crippen LogP contribution is 2.41. The van der Waals surface area contributed by atoms with Gasteiger partial charge >= 0.3 is 0 Å². The molecule has 0 unspecified atom stereocenters. The van der Waals surface area contributed by atoms with Gasteiger partial charge < -0.3 is 172 Å². The van der Waals surface area contributed by atoms with E-state index in [1.165, 1.54) is 0 Å². The maximum atomic E-state index is 12.7. The molecule has 21 fully saturated rings. The van der Waals surface area contributed by atoms with Gasteiger partial charge in [0.1, 0.15) is 171 Å². The van der Waals surface area contributed by atoms with Crippen molar-refractivity contribution in [1.82, 2.24) is 0 Å². The maximum absolute atomic E-state index is 12.7. The Hall–Kier alpha value is -3.74. The summed E-state index contributed by atoms with van der Waals surface area (Å²) in [5.74, 6) is 0. The second-order valence-electron chi connectivity index (χ2n) is 25.0. The van der Waals surface area contributed by atoms with Crippen molar-refractivity contribution in [2.75, 3.05) is 46.2 Å². The van der Waals surface area contributed by atoms with Crippen LogP contribution in [0.15, 0.2) is 91.0 Å². The van der Waals surface area contributed by atoms with Crippen LogP contribution < -0.4 is 0 Å². The highest BCUT2D eigenvalue weighted by molar-refractivity contribution is 5.16. The molecule has 0 saturated carbocycles. The molecule has 3 aromatic carbocycles. The molecule has 21 aliphatic rings. The van der Waals surface area contributed by atoms with Crippen LogP contribution in [0.3, 0.4) is 0 Å². The van der Waals surface area contributed by atoms with Crippen molar-refractivity contribution in [3.05, 3.63) is 108 Å². The molecule has 21 aliphatic heterocycles. The fraction of sp³-hybridized carbons (Fsp3) is 0.714. The number of benzene rings is 3. The fourth-order valence-corrected chi connectivity index (χ4v) is 13.2. The predicted octanol–water partition coefficient (Wildman–Crippen LogP) is -8.56. The molecule has 0 aliphatic carbocycles. The van der Waals surface area contributed by atoms with Crippen molar-refractivity contribution < 1.29 is 172 Å². The summed E-state index contributed by atoms with van der Waals surface area (Å²) in [5, 5.41) is 207. The van der Waals surface area contributed by atoms with Crippen LogP contribution in [0, 0.1) is 0 Å². The molecule has 35 heteroatoms. The Kier molecular flexibility index (Phi) is 26.4. The molecule has 98 heavy (non-hydrogen) atoms. The first-order chi connectivity index (χ1) is 47.3. The SMILES string of the molecule is OC[C@H]1O[C@@H]2O[C@H]3[C@@H](O)[C@@H](OCc4ccccc4)[C@@H](O[C@H]4[C@H](O)[C@@H](OCc5ccccc5)[C@@H](O[C@H]5[C@H](O)[C@@H](OCc6ccccc6)[C@@H](O[C@H]6[C@H](O)[C@@H](O)[C@@H](O[C@H]7[C@H](O)[C@@H](O)[C@@H](O[C@H]8[C@H](O)[C@H](O)[C@@H](O[C@H]1[C@H](O)[C@@H]2O)O[C@@H]8CO)O[C@@H]7CO)O[C@@H]6CO)O[C@@H]5CO)O[C@@H]4CO)O[C@@H]3CO. The van der Waals surface area contributed by atoms with Gasteiger partial charge in [0.25, 0.3) is 0 Å². The van der Waals surface area contributed by atoms with E-state index in [0.29, 0.717) is 16.7 Å². The fourth-order valence-electron chi connectivity index (χ4n) is 13.2. The van der Waals surface area contributed by atoms with Crippen LogP contribution in [-0.4, -0.2) is 353 Å². The number of rotatable bonds is 16. The molecule has 3 aromatic rings. The third kappa shape index (κ3) is 16.3. The molecule has 550 valence electrons. The summed E-state index contributed by atoms with van der Waals surface area (Å²) in [6, 6.07) is 25.6. The minimum atomic E-state index is -2.21. The van der Waals surface area contributed by atoms with E-state index in [1.54, 1.807) is 91.0 Å². The summed E-state index contributed by atoms with van der Waals surface area (Å²) in [6.45, 7) is -7.84. The average molecular weight is 1410 g/mol. The Morgan fingerprint density at radius 1 is 0.214 bits per heavy atom.